The van der Waals surface area contributed by atoms with Crippen molar-refractivity contribution in [3.8, 4) is 0 Å². The Bertz CT molecular complexity index is 562. The maximum atomic E-state index is 11.8. The first-order valence-corrected chi connectivity index (χ1v) is 5.59. The fourth-order valence-corrected chi connectivity index (χ4v) is 1.80. The number of nitrogens with one attached hydrogen (secondary N) is 1. The fourth-order valence-electron chi connectivity index (χ4n) is 1.30. The van der Waals surface area contributed by atoms with E-state index in [2.05, 4.69) is 9.97 Å². The molecule has 5 heteroatoms. The maximum Gasteiger partial charge on any atom is 0.187 e. The van der Waals surface area contributed by atoms with Crippen molar-refractivity contribution in [2.45, 2.75) is 0 Å². The zero-order valence-corrected chi connectivity index (χ0v) is 10.2. The van der Waals surface area contributed by atoms with Crippen LogP contribution in [0.25, 0.3) is 6.08 Å². The molecule has 0 aliphatic carbocycles. The number of halogens is 2. The number of allylic oxidation sites excluding steroid dienone is 1. The smallest absolute Gasteiger partial charge is 0.187 e. The van der Waals surface area contributed by atoms with Crippen molar-refractivity contribution in [1.82, 2.24) is 9.97 Å². The highest BCUT2D eigenvalue weighted by Crippen LogP contribution is 2.21. The van der Waals surface area contributed by atoms with Crippen LogP contribution in [0.3, 0.4) is 0 Å². The van der Waals surface area contributed by atoms with Gasteiger partial charge in [-0.15, -0.1) is 0 Å². The molecule has 86 valence electrons. The zero-order chi connectivity index (χ0) is 12.3. The number of carbonyl (C=O) groups is 1. The molecule has 1 N–H and O–H groups in total. The predicted molar refractivity (Wildman–Crippen MR) is 68.4 cm³/mol. The van der Waals surface area contributed by atoms with Gasteiger partial charge in [0.05, 0.1) is 5.02 Å². The van der Waals surface area contributed by atoms with Crippen molar-refractivity contribution in [3.05, 3.63) is 58.1 Å². The lowest BCUT2D eigenvalue weighted by Crippen LogP contribution is -1.95. The minimum absolute atomic E-state index is 0.192. The first-order chi connectivity index (χ1) is 8.16. The van der Waals surface area contributed by atoms with E-state index in [9.17, 15) is 4.79 Å². The number of imidazole rings is 1. The summed E-state index contributed by atoms with van der Waals surface area (Å²) in [6.45, 7) is 0. The minimum Gasteiger partial charge on any atom is -0.345 e. The van der Waals surface area contributed by atoms with Gasteiger partial charge < -0.3 is 4.98 Å². The molecule has 0 aliphatic heterocycles. The van der Waals surface area contributed by atoms with Gasteiger partial charge >= 0.3 is 0 Å². The standard InChI is InChI=1S/C12H8Cl2N2O/c13-8-1-2-9(10(14)7-8)11(17)3-4-12-15-5-6-16-12/h1-7H,(H,15,16). The second-order valence-electron chi connectivity index (χ2n) is 3.30. The van der Waals surface area contributed by atoms with Crippen LogP contribution in [0.15, 0.2) is 36.7 Å². The summed E-state index contributed by atoms with van der Waals surface area (Å²) in [5.41, 5.74) is 0.416. The van der Waals surface area contributed by atoms with Crippen LogP contribution in [0, 0.1) is 0 Å². The van der Waals surface area contributed by atoms with Crippen molar-refractivity contribution in [3.63, 3.8) is 0 Å². The topological polar surface area (TPSA) is 45.8 Å². The van der Waals surface area contributed by atoms with Crippen LogP contribution in [0.5, 0.6) is 0 Å². The molecule has 0 bridgehead atoms. The molecule has 3 nitrogen and oxygen atoms in total. The third-order valence-corrected chi connectivity index (χ3v) is 2.66. The highest BCUT2D eigenvalue weighted by Gasteiger charge is 2.07. The van der Waals surface area contributed by atoms with Crippen molar-refractivity contribution < 1.29 is 4.79 Å². The highest BCUT2D eigenvalue weighted by molar-refractivity contribution is 6.37. The number of aromatic nitrogens is 2. The number of carbonyl (C=O) groups excluding carboxylic acids is 1. The molecule has 0 radical (unpaired) electrons. The number of rotatable bonds is 3. The monoisotopic (exact) mass is 266 g/mol. The van der Waals surface area contributed by atoms with Crippen LogP contribution < -0.4 is 0 Å². The molecule has 1 aromatic carbocycles. The Balaban J connectivity index is 2.20. The Morgan fingerprint density at radius 2 is 2.18 bits per heavy atom. The zero-order valence-electron chi connectivity index (χ0n) is 8.65. The summed E-state index contributed by atoms with van der Waals surface area (Å²) in [6, 6.07) is 4.76. The summed E-state index contributed by atoms with van der Waals surface area (Å²) in [5, 5.41) is 0.841. The van der Waals surface area contributed by atoms with Gasteiger partial charge in [-0.05, 0) is 30.4 Å². The van der Waals surface area contributed by atoms with Gasteiger partial charge in [-0.25, -0.2) is 4.98 Å². The van der Waals surface area contributed by atoms with Crippen molar-refractivity contribution in [2.24, 2.45) is 0 Å². The second kappa shape index (κ2) is 5.17. The first-order valence-electron chi connectivity index (χ1n) is 4.83. The SMILES string of the molecule is O=C(C=Cc1ncc[nH]1)c1ccc(Cl)cc1Cl. The van der Waals surface area contributed by atoms with E-state index in [1.165, 1.54) is 12.1 Å². The minimum atomic E-state index is -0.192. The Morgan fingerprint density at radius 1 is 1.35 bits per heavy atom. The van der Waals surface area contributed by atoms with Crippen molar-refractivity contribution in [1.29, 1.82) is 0 Å². The van der Waals surface area contributed by atoms with Crippen LogP contribution in [0.1, 0.15) is 16.2 Å². The number of benzene rings is 1. The average molecular weight is 267 g/mol. The molecule has 0 spiro atoms. The van der Waals surface area contributed by atoms with Crippen LogP contribution in [0.4, 0.5) is 0 Å². The molecule has 2 rings (SSSR count). The number of nitrogens with zero attached hydrogens (tertiary/aromatic N) is 1. The maximum absolute atomic E-state index is 11.8. The van der Waals surface area contributed by atoms with E-state index < -0.39 is 0 Å². The fraction of sp³-hybridized carbons (Fsp3) is 0. The molecule has 0 fully saturated rings. The van der Waals surface area contributed by atoms with E-state index in [-0.39, 0.29) is 5.78 Å². The third kappa shape index (κ3) is 2.96. The summed E-state index contributed by atoms with van der Waals surface area (Å²) in [7, 11) is 0. The van der Waals surface area contributed by atoms with Crippen molar-refractivity contribution in [2.75, 3.05) is 0 Å². The van der Waals surface area contributed by atoms with Gasteiger partial charge in [0, 0.05) is 23.0 Å². The lowest BCUT2D eigenvalue weighted by Gasteiger charge is -1.99. The molecule has 1 aromatic heterocycles. The number of aromatic amines is 1. The molecular formula is C12H8Cl2N2O. The van der Waals surface area contributed by atoms with Gasteiger partial charge in [0.1, 0.15) is 5.82 Å². The van der Waals surface area contributed by atoms with Crippen LogP contribution >= 0.6 is 23.2 Å². The number of H-pyrrole nitrogens is 1. The number of ketones is 1. The summed E-state index contributed by atoms with van der Waals surface area (Å²) in [6.07, 6.45) is 6.29. The highest BCUT2D eigenvalue weighted by atomic mass is 35.5. The van der Waals surface area contributed by atoms with E-state index in [1.807, 2.05) is 0 Å². The number of hydrogen-bond acceptors (Lipinski definition) is 2. The molecule has 0 saturated heterocycles. The van der Waals surface area contributed by atoms with E-state index in [1.54, 1.807) is 30.6 Å². The summed E-state index contributed by atoms with van der Waals surface area (Å²) in [5.74, 6) is 0.423. The van der Waals surface area contributed by atoms with Gasteiger partial charge in [-0.3, -0.25) is 4.79 Å². The lowest BCUT2D eigenvalue weighted by atomic mass is 10.1. The summed E-state index contributed by atoms with van der Waals surface area (Å²) >= 11 is 11.7. The predicted octanol–water partition coefficient (Wildman–Crippen LogP) is 3.61. The lowest BCUT2D eigenvalue weighted by molar-refractivity contribution is 0.104. The van der Waals surface area contributed by atoms with E-state index in [4.69, 9.17) is 23.2 Å². The number of hydrogen-bond donors (Lipinski definition) is 1. The Labute approximate surface area is 108 Å². The van der Waals surface area contributed by atoms with Gasteiger partial charge in [0.2, 0.25) is 0 Å². The Hall–Kier alpha value is -1.58. The van der Waals surface area contributed by atoms with Crippen LogP contribution in [-0.2, 0) is 0 Å². The van der Waals surface area contributed by atoms with E-state index in [0.29, 0.717) is 21.4 Å². The molecule has 17 heavy (non-hydrogen) atoms. The molecule has 0 saturated carbocycles. The Kier molecular flexibility index (Phi) is 3.61. The van der Waals surface area contributed by atoms with Gasteiger partial charge in [0.15, 0.2) is 5.78 Å². The van der Waals surface area contributed by atoms with Gasteiger partial charge in [0.25, 0.3) is 0 Å². The second-order valence-corrected chi connectivity index (χ2v) is 4.14. The molecule has 0 amide bonds. The first kappa shape index (κ1) is 11.9. The molecule has 1 heterocycles. The van der Waals surface area contributed by atoms with E-state index >= 15 is 0 Å². The summed E-state index contributed by atoms with van der Waals surface area (Å²) < 4.78 is 0. The van der Waals surface area contributed by atoms with Gasteiger partial charge in [-0.1, -0.05) is 23.2 Å². The molecular weight excluding hydrogens is 259 g/mol. The van der Waals surface area contributed by atoms with E-state index in [0.717, 1.165) is 0 Å². The molecule has 0 unspecified atom stereocenters. The normalized spacial score (nSPS) is 10.9. The van der Waals surface area contributed by atoms with Gasteiger partial charge in [-0.2, -0.15) is 0 Å². The van der Waals surface area contributed by atoms with Crippen molar-refractivity contribution >= 4 is 35.1 Å². The quantitative estimate of drug-likeness (QED) is 0.682. The molecule has 2 aromatic rings. The van der Waals surface area contributed by atoms with Crippen LogP contribution in [-0.4, -0.2) is 15.8 Å². The average Bonchev–Trinajstić information content (AvgIpc) is 2.78. The third-order valence-electron chi connectivity index (χ3n) is 2.11. The van der Waals surface area contributed by atoms with Crippen LogP contribution in [0.2, 0.25) is 10.0 Å². The summed E-state index contributed by atoms with van der Waals surface area (Å²) in [4.78, 5) is 18.6. The molecule has 0 atom stereocenters. The largest absolute Gasteiger partial charge is 0.345 e. The molecule has 0 aliphatic rings. The Morgan fingerprint density at radius 3 is 2.82 bits per heavy atom.